The molecule has 0 aliphatic heterocycles. The van der Waals surface area contributed by atoms with Crippen LogP contribution in [0.25, 0.3) is 21.5 Å². The summed E-state index contributed by atoms with van der Waals surface area (Å²) < 4.78 is 3.79. The number of pyridine rings is 1. The Bertz CT molecular complexity index is 1040. The van der Waals surface area contributed by atoms with Crippen molar-refractivity contribution in [1.29, 1.82) is 0 Å². The highest BCUT2D eigenvalue weighted by atomic mass is 32.2. The number of amides is 1. The van der Waals surface area contributed by atoms with Crippen LogP contribution in [0, 0.1) is 0 Å². The third-order valence-corrected chi connectivity index (χ3v) is 6.10. The van der Waals surface area contributed by atoms with Gasteiger partial charge in [-0.1, -0.05) is 30.0 Å². The molecular formula is C19H17N5OS2. The van der Waals surface area contributed by atoms with E-state index in [1.165, 1.54) is 11.8 Å². The van der Waals surface area contributed by atoms with Crippen LogP contribution in [0.2, 0.25) is 0 Å². The van der Waals surface area contributed by atoms with Crippen LogP contribution in [0.5, 0.6) is 0 Å². The van der Waals surface area contributed by atoms with Gasteiger partial charge in [0.25, 0.3) is 0 Å². The van der Waals surface area contributed by atoms with Crippen molar-refractivity contribution < 1.29 is 4.79 Å². The largest absolute Gasteiger partial charge is 0.351 e. The highest BCUT2D eigenvalue weighted by molar-refractivity contribution is 8.01. The minimum absolute atomic E-state index is 0.0180. The van der Waals surface area contributed by atoms with E-state index in [9.17, 15) is 4.79 Å². The van der Waals surface area contributed by atoms with E-state index >= 15 is 0 Å². The number of thioether (sulfide) groups is 1. The number of fused-ring (bicyclic) bond motifs is 1. The standard InChI is InChI=1S/C19H17N5OS2/c1-24-11-14(10-22-24)15-7-6-13(8-20-15)9-21-18(25)12-26-19-23-16-4-2-3-5-17(16)27-19/h2-8,10-11H,9,12H2,1H3,(H,21,25). The lowest BCUT2D eigenvalue weighted by molar-refractivity contribution is -0.118. The number of carbonyl (C=O) groups is 1. The summed E-state index contributed by atoms with van der Waals surface area (Å²) in [5.41, 5.74) is 3.77. The van der Waals surface area contributed by atoms with E-state index in [-0.39, 0.29) is 5.91 Å². The molecule has 0 unspecified atom stereocenters. The number of rotatable bonds is 6. The Morgan fingerprint density at radius 1 is 1.22 bits per heavy atom. The number of benzene rings is 1. The summed E-state index contributed by atoms with van der Waals surface area (Å²) >= 11 is 3.07. The number of para-hydroxylation sites is 1. The molecule has 1 N–H and O–H groups in total. The van der Waals surface area contributed by atoms with Gasteiger partial charge in [0.15, 0.2) is 4.34 Å². The van der Waals surface area contributed by atoms with E-state index in [1.807, 2.05) is 49.6 Å². The molecule has 3 aromatic heterocycles. The van der Waals surface area contributed by atoms with Crippen molar-refractivity contribution >= 4 is 39.2 Å². The van der Waals surface area contributed by atoms with Gasteiger partial charge < -0.3 is 5.32 Å². The number of nitrogens with zero attached hydrogens (tertiary/aromatic N) is 4. The van der Waals surface area contributed by atoms with Gasteiger partial charge in [-0.2, -0.15) is 5.10 Å². The van der Waals surface area contributed by atoms with E-state index in [4.69, 9.17) is 0 Å². The molecule has 0 saturated carbocycles. The predicted molar refractivity (Wildman–Crippen MR) is 109 cm³/mol. The minimum Gasteiger partial charge on any atom is -0.351 e. The molecule has 8 heteroatoms. The van der Waals surface area contributed by atoms with Crippen molar-refractivity contribution in [2.45, 2.75) is 10.9 Å². The Morgan fingerprint density at radius 3 is 2.85 bits per heavy atom. The molecule has 0 spiro atoms. The van der Waals surface area contributed by atoms with Crippen LogP contribution in [-0.4, -0.2) is 31.4 Å². The van der Waals surface area contributed by atoms with E-state index in [0.29, 0.717) is 12.3 Å². The van der Waals surface area contributed by atoms with Crippen molar-refractivity contribution in [3.8, 4) is 11.3 Å². The van der Waals surface area contributed by atoms with Crippen LogP contribution < -0.4 is 5.32 Å². The number of hydrogen-bond acceptors (Lipinski definition) is 6. The SMILES string of the molecule is Cn1cc(-c2ccc(CNC(=O)CSc3nc4ccccc4s3)cn2)cn1. The maximum atomic E-state index is 12.1. The lowest BCUT2D eigenvalue weighted by atomic mass is 10.2. The summed E-state index contributed by atoms with van der Waals surface area (Å²) in [5.74, 6) is 0.330. The number of nitrogens with one attached hydrogen (secondary N) is 1. The summed E-state index contributed by atoms with van der Waals surface area (Å²) in [7, 11) is 1.87. The van der Waals surface area contributed by atoms with Crippen molar-refractivity contribution in [2.75, 3.05) is 5.75 Å². The molecule has 136 valence electrons. The summed E-state index contributed by atoms with van der Waals surface area (Å²) in [4.78, 5) is 21.1. The third kappa shape index (κ3) is 4.35. The zero-order chi connectivity index (χ0) is 18.6. The van der Waals surface area contributed by atoms with Gasteiger partial charge in [-0.15, -0.1) is 11.3 Å². The molecule has 27 heavy (non-hydrogen) atoms. The number of aromatic nitrogens is 4. The normalized spacial score (nSPS) is 11.0. The summed E-state index contributed by atoms with van der Waals surface area (Å²) in [6.07, 6.45) is 5.48. The molecule has 0 radical (unpaired) electrons. The Labute approximate surface area is 164 Å². The number of hydrogen-bond donors (Lipinski definition) is 1. The number of thiazole rings is 1. The zero-order valence-electron chi connectivity index (χ0n) is 14.6. The second kappa shape index (κ2) is 7.89. The highest BCUT2D eigenvalue weighted by Gasteiger charge is 2.08. The van der Waals surface area contributed by atoms with E-state index in [0.717, 1.165) is 31.4 Å². The predicted octanol–water partition coefficient (Wildman–Crippen LogP) is 3.50. The zero-order valence-corrected chi connectivity index (χ0v) is 16.3. The van der Waals surface area contributed by atoms with Crippen LogP contribution in [0.1, 0.15) is 5.56 Å². The van der Waals surface area contributed by atoms with Gasteiger partial charge in [0.1, 0.15) is 0 Å². The van der Waals surface area contributed by atoms with Gasteiger partial charge in [0, 0.05) is 31.5 Å². The Hall–Kier alpha value is -2.71. The first kappa shape index (κ1) is 17.7. The molecule has 0 bridgehead atoms. The monoisotopic (exact) mass is 395 g/mol. The van der Waals surface area contributed by atoms with Gasteiger partial charge in [0.05, 0.1) is 27.9 Å². The third-order valence-electron chi connectivity index (χ3n) is 3.92. The molecular weight excluding hydrogens is 378 g/mol. The van der Waals surface area contributed by atoms with Gasteiger partial charge >= 0.3 is 0 Å². The first-order chi connectivity index (χ1) is 13.2. The second-order valence-corrected chi connectivity index (χ2v) is 8.22. The quantitative estimate of drug-likeness (QED) is 0.506. The average molecular weight is 396 g/mol. The van der Waals surface area contributed by atoms with Crippen molar-refractivity contribution in [3.05, 3.63) is 60.6 Å². The number of carbonyl (C=O) groups excluding carboxylic acids is 1. The molecule has 4 rings (SSSR count). The van der Waals surface area contributed by atoms with E-state index in [2.05, 4.69) is 20.4 Å². The van der Waals surface area contributed by atoms with Crippen molar-refractivity contribution in [3.63, 3.8) is 0 Å². The lowest BCUT2D eigenvalue weighted by Gasteiger charge is -2.05. The van der Waals surface area contributed by atoms with Gasteiger partial charge in [-0.3, -0.25) is 14.5 Å². The van der Waals surface area contributed by atoms with Crippen LogP contribution in [0.4, 0.5) is 0 Å². The van der Waals surface area contributed by atoms with Crippen LogP contribution in [0.15, 0.2) is 59.3 Å². The Kier molecular flexibility index (Phi) is 5.17. The lowest BCUT2D eigenvalue weighted by Crippen LogP contribution is -2.24. The van der Waals surface area contributed by atoms with E-state index in [1.54, 1.807) is 28.4 Å². The summed E-state index contributed by atoms with van der Waals surface area (Å²) in [5, 5.41) is 7.07. The van der Waals surface area contributed by atoms with Gasteiger partial charge in [-0.25, -0.2) is 4.98 Å². The molecule has 0 aliphatic rings. The Balaban J connectivity index is 1.28. The van der Waals surface area contributed by atoms with Crippen LogP contribution >= 0.6 is 23.1 Å². The highest BCUT2D eigenvalue weighted by Crippen LogP contribution is 2.29. The first-order valence-corrected chi connectivity index (χ1v) is 10.2. The summed E-state index contributed by atoms with van der Waals surface area (Å²) in [6, 6.07) is 11.9. The molecule has 4 aromatic rings. The number of aryl methyl sites for hydroxylation is 1. The maximum Gasteiger partial charge on any atom is 0.230 e. The molecule has 3 heterocycles. The van der Waals surface area contributed by atoms with Gasteiger partial charge in [0.2, 0.25) is 5.91 Å². The van der Waals surface area contributed by atoms with Crippen LogP contribution in [0.3, 0.4) is 0 Å². The molecule has 1 amide bonds. The fourth-order valence-electron chi connectivity index (χ4n) is 2.55. The second-order valence-electron chi connectivity index (χ2n) is 5.97. The van der Waals surface area contributed by atoms with Gasteiger partial charge in [-0.05, 0) is 23.8 Å². The Morgan fingerprint density at radius 2 is 2.11 bits per heavy atom. The minimum atomic E-state index is -0.0180. The fraction of sp³-hybridized carbons (Fsp3) is 0.158. The maximum absolute atomic E-state index is 12.1. The molecule has 1 aromatic carbocycles. The van der Waals surface area contributed by atoms with Crippen LogP contribution in [-0.2, 0) is 18.4 Å². The smallest absolute Gasteiger partial charge is 0.230 e. The molecule has 0 fully saturated rings. The molecule has 6 nitrogen and oxygen atoms in total. The first-order valence-electron chi connectivity index (χ1n) is 8.36. The fourth-order valence-corrected chi connectivity index (χ4v) is 4.44. The average Bonchev–Trinajstić information content (AvgIpc) is 3.31. The van der Waals surface area contributed by atoms with Crippen molar-refractivity contribution in [2.24, 2.45) is 7.05 Å². The topological polar surface area (TPSA) is 72.7 Å². The molecule has 0 aliphatic carbocycles. The van der Waals surface area contributed by atoms with E-state index < -0.39 is 0 Å². The molecule has 0 saturated heterocycles. The molecule has 0 atom stereocenters. The van der Waals surface area contributed by atoms with Crippen molar-refractivity contribution in [1.82, 2.24) is 25.1 Å². The summed E-state index contributed by atoms with van der Waals surface area (Å²) in [6.45, 7) is 0.458.